The molecule has 4 nitrogen and oxygen atoms in total. The van der Waals surface area contributed by atoms with Crippen LogP contribution in [0.1, 0.15) is 28.3 Å². The van der Waals surface area contributed by atoms with Gasteiger partial charge < -0.3 is 15.2 Å². The fraction of sp³-hybridized carbons (Fsp3) is 0.278. The number of aliphatic hydroxyl groups excluding tert-OH is 1. The van der Waals surface area contributed by atoms with E-state index in [1.807, 2.05) is 30.3 Å². The van der Waals surface area contributed by atoms with E-state index in [0.717, 1.165) is 11.6 Å². The lowest BCUT2D eigenvalue weighted by atomic mass is 9.96. The highest BCUT2D eigenvalue weighted by atomic mass is 19.1. The number of amides is 1. The van der Waals surface area contributed by atoms with Crippen molar-refractivity contribution in [2.75, 3.05) is 20.3 Å². The highest BCUT2D eigenvalue weighted by Gasteiger charge is 2.14. The number of rotatable bonds is 7. The van der Waals surface area contributed by atoms with Crippen LogP contribution in [0.15, 0.2) is 48.5 Å². The molecule has 0 radical (unpaired) electrons. The van der Waals surface area contributed by atoms with Crippen LogP contribution < -0.4 is 10.1 Å². The smallest absolute Gasteiger partial charge is 0.251 e. The van der Waals surface area contributed by atoms with Crippen molar-refractivity contribution < 1.29 is 19.0 Å². The Bertz CT molecular complexity index is 646. The number of carbonyl (C=O) groups excluding carboxylic acids is 1. The van der Waals surface area contributed by atoms with Crippen LogP contribution in [-0.2, 0) is 0 Å². The molecule has 5 heteroatoms. The maximum atomic E-state index is 13.7. The van der Waals surface area contributed by atoms with E-state index in [0.29, 0.717) is 13.0 Å². The minimum Gasteiger partial charge on any atom is -0.494 e. The molecular formula is C18H20FNO3. The molecule has 2 aromatic carbocycles. The lowest BCUT2D eigenvalue weighted by molar-refractivity contribution is 0.0949. The van der Waals surface area contributed by atoms with Crippen LogP contribution in [0.4, 0.5) is 4.39 Å². The molecular weight excluding hydrogens is 297 g/mol. The van der Waals surface area contributed by atoms with Gasteiger partial charge in [0.25, 0.3) is 5.91 Å². The lowest BCUT2D eigenvalue weighted by Gasteiger charge is -2.17. The van der Waals surface area contributed by atoms with Gasteiger partial charge in [-0.05, 0) is 30.2 Å². The van der Waals surface area contributed by atoms with Crippen molar-refractivity contribution in [3.8, 4) is 5.75 Å². The maximum Gasteiger partial charge on any atom is 0.251 e. The Balaban J connectivity index is 2.03. The fourth-order valence-corrected chi connectivity index (χ4v) is 2.39. The zero-order valence-corrected chi connectivity index (χ0v) is 13.0. The highest BCUT2D eigenvalue weighted by Crippen LogP contribution is 2.20. The Kier molecular flexibility index (Phi) is 6.11. The van der Waals surface area contributed by atoms with Crippen LogP contribution >= 0.6 is 0 Å². The zero-order chi connectivity index (χ0) is 16.7. The molecule has 0 heterocycles. The number of methoxy groups -OCH3 is 1. The van der Waals surface area contributed by atoms with E-state index < -0.39 is 5.82 Å². The fourth-order valence-electron chi connectivity index (χ4n) is 2.39. The molecule has 1 unspecified atom stereocenters. The summed E-state index contributed by atoms with van der Waals surface area (Å²) in [5, 5.41) is 12.0. The van der Waals surface area contributed by atoms with Gasteiger partial charge in [-0.15, -0.1) is 0 Å². The van der Waals surface area contributed by atoms with E-state index in [2.05, 4.69) is 5.32 Å². The minimum atomic E-state index is -0.574. The molecule has 2 aromatic rings. The summed E-state index contributed by atoms with van der Waals surface area (Å²) in [7, 11) is 1.37. The van der Waals surface area contributed by atoms with Crippen LogP contribution in [-0.4, -0.2) is 31.3 Å². The van der Waals surface area contributed by atoms with Crippen molar-refractivity contribution in [2.24, 2.45) is 0 Å². The number of carbonyl (C=O) groups is 1. The zero-order valence-electron chi connectivity index (χ0n) is 13.0. The highest BCUT2D eigenvalue weighted by molar-refractivity contribution is 5.94. The first-order valence-corrected chi connectivity index (χ1v) is 7.43. The van der Waals surface area contributed by atoms with Gasteiger partial charge in [-0.1, -0.05) is 30.3 Å². The first-order chi connectivity index (χ1) is 11.2. The van der Waals surface area contributed by atoms with Crippen molar-refractivity contribution in [2.45, 2.75) is 12.3 Å². The molecule has 0 saturated carbocycles. The Hall–Kier alpha value is -2.40. The van der Waals surface area contributed by atoms with Gasteiger partial charge in [0, 0.05) is 24.6 Å². The van der Waals surface area contributed by atoms with Gasteiger partial charge in [0.1, 0.15) is 0 Å². The molecule has 0 aliphatic carbocycles. The summed E-state index contributed by atoms with van der Waals surface area (Å²) in [6, 6.07) is 13.8. The number of benzene rings is 2. The summed E-state index contributed by atoms with van der Waals surface area (Å²) in [5.74, 6) is -0.822. The summed E-state index contributed by atoms with van der Waals surface area (Å²) in [6.07, 6.45) is 0.543. The number of ether oxygens (including phenoxy) is 1. The predicted octanol–water partition coefficient (Wildman–Crippen LogP) is 2.73. The van der Waals surface area contributed by atoms with Gasteiger partial charge >= 0.3 is 0 Å². The molecule has 0 aliphatic heterocycles. The molecule has 2 N–H and O–H groups in total. The molecule has 23 heavy (non-hydrogen) atoms. The van der Waals surface area contributed by atoms with Gasteiger partial charge in [0.05, 0.1) is 7.11 Å². The molecule has 0 aliphatic rings. The summed E-state index contributed by atoms with van der Waals surface area (Å²) in [6.45, 7) is 0.406. The van der Waals surface area contributed by atoms with E-state index in [9.17, 15) is 14.3 Å². The van der Waals surface area contributed by atoms with Crippen molar-refractivity contribution in [1.82, 2.24) is 5.32 Å². The van der Waals surface area contributed by atoms with Crippen LogP contribution in [0.2, 0.25) is 0 Å². The monoisotopic (exact) mass is 317 g/mol. The molecule has 2 rings (SSSR count). The van der Waals surface area contributed by atoms with E-state index in [1.165, 1.54) is 19.2 Å². The summed E-state index contributed by atoms with van der Waals surface area (Å²) in [4.78, 5) is 12.2. The third-order valence-electron chi connectivity index (χ3n) is 3.67. The summed E-state index contributed by atoms with van der Waals surface area (Å²) >= 11 is 0. The summed E-state index contributed by atoms with van der Waals surface area (Å²) in [5.41, 5.74) is 1.28. The third kappa shape index (κ3) is 4.53. The lowest BCUT2D eigenvalue weighted by Crippen LogP contribution is -2.29. The van der Waals surface area contributed by atoms with Crippen molar-refractivity contribution in [3.63, 3.8) is 0 Å². The van der Waals surface area contributed by atoms with E-state index >= 15 is 0 Å². The normalized spacial score (nSPS) is 11.8. The van der Waals surface area contributed by atoms with Gasteiger partial charge in [-0.25, -0.2) is 4.39 Å². The standard InChI is InChI=1S/C18H20FNO3/c1-23-17-8-7-14(11-16(17)19)18(22)20-12-15(9-10-21)13-5-3-2-4-6-13/h2-8,11,15,21H,9-10,12H2,1H3,(H,20,22). The molecule has 122 valence electrons. The van der Waals surface area contributed by atoms with Gasteiger partial charge in [0.15, 0.2) is 11.6 Å². The molecule has 0 spiro atoms. The van der Waals surface area contributed by atoms with Crippen LogP contribution in [0.5, 0.6) is 5.75 Å². The first-order valence-electron chi connectivity index (χ1n) is 7.43. The molecule has 0 fully saturated rings. The Morgan fingerprint density at radius 3 is 2.61 bits per heavy atom. The quantitative estimate of drug-likeness (QED) is 0.825. The Morgan fingerprint density at radius 2 is 2.00 bits per heavy atom. The first kappa shape index (κ1) is 17.0. The van der Waals surface area contributed by atoms with Crippen molar-refractivity contribution >= 4 is 5.91 Å². The maximum absolute atomic E-state index is 13.7. The van der Waals surface area contributed by atoms with Crippen LogP contribution in [0.25, 0.3) is 0 Å². The Morgan fingerprint density at radius 1 is 1.26 bits per heavy atom. The second kappa shape index (κ2) is 8.29. The Labute approximate surface area is 134 Å². The average molecular weight is 317 g/mol. The number of halogens is 1. The minimum absolute atomic E-state index is 0.00763. The van der Waals surface area contributed by atoms with E-state index in [-0.39, 0.29) is 29.7 Å². The average Bonchev–Trinajstić information content (AvgIpc) is 2.59. The molecule has 1 amide bonds. The second-order valence-electron chi connectivity index (χ2n) is 5.18. The van der Waals surface area contributed by atoms with Crippen molar-refractivity contribution in [3.05, 3.63) is 65.5 Å². The summed E-state index contributed by atoms with van der Waals surface area (Å²) < 4.78 is 18.5. The molecule has 0 aromatic heterocycles. The number of nitrogens with one attached hydrogen (secondary N) is 1. The second-order valence-corrected chi connectivity index (χ2v) is 5.18. The van der Waals surface area contributed by atoms with Gasteiger partial charge in [-0.2, -0.15) is 0 Å². The molecule has 0 bridgehead atoms. The van der Waals surface area contributed by atoms with Crippen LogP contribution in [0.3, 0.4) is 0 Å². The van der Waals surface area contributed by atoms with Gasteiger partial charge in [-0.3, -0.25) is 4.79 Å². The van der Waals surface area contributed by atoms with E-state index in [4.69, 9.17) is 4.74 Å². The SMILES string of the molecule is COc1ccc(C(=O)NCC(CCO)c2ccccc2)cc1F. The molecule has 0 saturated heterocycles. The van der Waals surface area contributed by atoms with Gasteiger partial charge in [0.2, 0.25) is 0 Å². The topological polar surface area (TPSA) is 58.6 Å². The predicted molar refractivity (Wildman–Crippen MR) is 86.2 cm³/mol. The van der Waals surface area contributed by atoms with Crippen molar-refractivity contribution in [1.29, 1.82) is 0 Å². The van der Waals surface area contributed by atoms with E-state index in [1.54, 1.807) is 0 Å². The van der Waals surface area contributed by atoms with Crippen LogP contribution in [0, 0.1) is 5.82 Å². The number of hydrogen-bond donors (Lipinski definition) is 2. The number of aliphatic hydroxyl groups is 1. The number of hydrogen-bond acceptors (Lipinski definition) is 3. The molecule has 1 atom stereocenters. The largest absolute Gasteiger partial charge is 0.494 e. The third-order valence-corrected chi connectivity index (χ3v) is 3.67.